The Morgan fingerprint density at radius 1 is 1.55 bits per heavy atom. The maximum absolute atomic E-state index is 11.8. The number of carboxylic acid groups (broad SMARTS) is 1. The minimum absolute atomic E-state index is 0.111. The van der Waals surface area contributed by atoms with Gasteiger partial charge in [-0.3, -0.25) is 0 Å². The van der Waals surface area contributed by atoms with Gasteiger partial charge in [-0.25, -0.2) is 14.6 Å². The van der Waals surface area contributed by atoms with Crippen molar-refractivity contribution in [2.45, 2.75) is 13.3 Å². The van der Waals surface area contributed by atoms with Gasteiger partial charge in [0.2, 0.25) is 0 Å². The molecule has 3 rings (SSSR count). The third-order valence-corrected chi connectivity index (χ3v) is 4.33. The second kappa shape index (κ2) is 5.47. The highest BCUT2D eigenvalue weighted by molar-refractivity contribution is 5.90. The van der Waals surface area contributed by atoms with Gasteiger partial charge in [-0.1, -0.05) is 0 Å². The Kier molecular flexibility index (Phi) is 3.64. The SMILES string of the molecule is CCOC(=O)c1ncccc1OCC12CC1CN(C(=O)O)C2. The van der Waals surface area contributed by atoms with Crippen LogP contribution in [-0.2, 0) is 4.74 Å². The zero-order valence-electron chi connectivity index (χ0n) is 12.3. The average molecular weight is 306 g/mol. The number of esters is 1. The van der Waals surface area contributed by atoms with Crippen molar-refractivity contribution in [2.75, 3.05) is 26.3 Å². The minimum atomic E-state index is -0.889. The number of piperidine rings is 1. The molecular weight excluding hydrogens is 288 g/mol. The summed E-state index contributed by atoms with van der Waals surface area (Å²) in [4.78, 5) is 28.3. The van der Waals surface area contributed by atoms with E-state index in [0.717, 1.165) is 6.42 Å². The number of hydrogen-bond acceptors (Lipinski definition) is 5. The fourth-order valence-corrected chi connectivity index (χ4v) is 3.04. The number of aromatic nitrogens is 1. The molecule has 1 aromatic heterocycles. The Balaban J connectivity index is 1.66. The first-order valence-electron chi connectivity index (χ1n) is 7.28. The van der Waals surface area contributed by atoms with Crippen molar-refractivity contribution in [1.82, 2.24) is 9.88 Å². The Hall–Kier alpha value is -2.31. The van der Waals surface area contributed by atoms with E-state index < -0.39 is 12.1 Å². The summed E-state index contributed by atoms with van der Waals surface area (Å²) >= 11 is 0. The van der Waals surface area contributed by atoms with E-state index >= 15 is 0 Å². The third kappa shape index (κ3) is 2.58. The van der Waals surface area contributed by atoms with Gasteiger partial charge in [0.25, 0.3) is 0 Å². The molecule has 1 N–H and O–H groups in total. The number of fused-ring (bicyclic) bond motifs is 1. The molecule has 1 aliphatic heterocycles. The van der Waals surface area contributed by atoms with Crippen LogP contribution in [0, 0.1) is 11.3 Å². The van der Waals surface area contributed by atoms with E-state index in [1.807, 2.05) is 0 Å². The minimum Gasteiger partial charge on any atom is -0.490 e. The molecule has 118 valence electrons. The number of pyridine rings is 1. The fraction of sp³-hybridized carbons (Fsp3) is 0.533. The van der Waals surface area contributed by atoms with Crippen LogP contribution in [-0.4, -0.2) is 53.4 Å². The van der Waals surface area contributed by atoms with E-state index in [4.69, 9.17) is 14.6 Å². The number of amides is 1. The summed E-state index contributed by atoms with van der Waals surface area (Å²) in [5, 5.41) is 9.04. The molecule has 22 heavy (non-hydrogen) atoms. The molecule has 2 atom stereocenters. The highest BCUT2D eigenvalue weighted by Gasteiger charge is 2.61. The van der Waals surface area contributed by atoms with Crippen molar-refractivity contribution < 1.29 is 24.2 Å². The number of nitrogens with zero attached hydrogens (tertiary/aromatic N) is 2. The van der Waals surface area contributed by atoms with Gasteiger partial charge in [-0.2, -0.15) is 0 Å². The van der Waals surface area contributed by atoms with Crippen molar-refractivity contribution in [3.63, 3.8) is 0 Å². The van der Waals surface area contributed by atoms with E-state index in [9.17, 15) is 9.59 Å². The fourth-order valence-electron chi connectivity index (χ4n) is 3.04. The summed E-state index contributed by atoms with van der Waals surface area (Å²) in [5.74, 6) is 0.225. The summed E-state index contributed by atoms with van der Waals surface area (Å²) in [6.07, 6.45) is 1.59. The summed E-state index contributed by atoms with van der Waals surface area (Å²) in [7, 11) is 0. The molecule has 0 bridgehead atoms. The van der Waals surface area contributed by atoms with Crippen molar-refractivity contribution >= 4 is 12.1 Å². The molecule has 0 aromatic carbocycles. The number of likely N-dealkylation sites (tertiary alicyclic amines) is 1. The van der Waals surface area contributed by atoms with Gasteiger partial charge >= 0.3 is 12.1 Å². The molecule has 1 saturated carbocycles. The predicted octanol–water partition coefficient (Wildman–Crippen LogP) is 1.64. The number of carbonyl (C=O) groups excluding carboxylic acids is 1. The molecular formula is C15H18N2O5. The standard InChI is InChI=1S/C15H18N2O5/c1-2-21-13(18)12-11(4-3-5-16-12)22-9-15-6-10(15)7-17(8-15)14(19)20/h3-5,10H,2,6-9H2,1H3,(H,19,20). The Bertz CT molecular complexity index is 605. The molecule has 7 nitrogen and oxygen atoms in total. The average Bonchev–Trinajstić information content (AvgIpc) is 3.06. The topological polar surface area (TPSA) is 89.0 Å². The molecule has 2 aliphatic rings. The lowest BCUT2D eigenvalue weighted by Gasteiger charge is -2.18. The smallest absolute Gasteiger partial charge is 0.407 e. The van der Waals surface area contributed by atoms with Gasteiger partial charge in [-0.05, 0) is 31.4 Å². The lowest BCUT2D eigenvalue weighted by molar-refractivity contribution is 0.0513. The summed E-state index contributed by atoms with van der Waals surface area (Å²) in [6, 6.07) is 3.37. The van der Waals surface area contributed by atoms with Crippen LogP contribution in [0.25, 0.3) is 0 Å². The highest BCUT2D eigenvalue weighted by atomic mass is 16.5. The zero-order chi connectivity index (χ0) is 15.7. The van der Waals surface area contributed by atoms with Gasteiger partial charge in [0.15, 0.2) is 11.4 Å². The molecule has 2 unspecified atom stereocenters. The second-order valence-electron chi connectivity index (χ2n) is 5.79. The highest BCUT2D eigenvalue weighted by Crippen LogP contribution is 2.57. The van der Waals surface area contributed by atoms with Crippen molar-refractivity contribution in [1.29, 1.82) is 0 Å². The molecule has 1 saturated heterocycles. The lowest BCUT2D eigenvalue weighted by Crippen LogP contribution is -2.31. The normalized spacial score (nSPS) is 25.5. The van der Waals surface area contributed by atoms with Gasteiger partial charge in [0, 0.05) is 24.7 Å². The number of carbonyl (C=O) groups is 2. The number of ether oxygens (including phenoxy) is 2. The monoisotopic (exact) mass is 306 g/mol. The van der Waals surface area contributed by atoms with Gasteiger partial charge in [0.1, 0.15) is 0 Å². The summed E-state index contributed by atoms with van der Waals surface area (Å²) in [5.41, 5.74) is 0.0474. The predicted molar refractivity (Wildman–Crippen MR) is 75.8 cm³/mol. The molecule has 2 fully saturated rings. The molecule has 2 heterocycles. The molecule has 1 aromatic rings. The first kappa shape index (κ1) is 14.6. The first-order chi connectivity index (χ1) is 10.6. The van der Waals surface area contributed by atoms with Gasteiger partial charge in [-0.15, -0.1) is 0 Å². The number of rotatable bonds is 5. The quantitative estimate of drug-likeness (QED) is 0.832. The molecule has 0 radical (unpaired) electrons. The maximum atomic E-state index is 11.8. The maximum Gasteiger partial charge on any atom is 0.407 e. The van der Waals surface area contributed by atoms with Gasteiger partial charge in [0.05, 0.1) is 13.2 Å². The second-order valence-corrected chi connectivity index (χ2v) is 5.79. The number of hydrogen-bond donors (Lipinski definition) is 1. The van der Waals surface area contributed by atoms with Crippen LogP contribution in [0.2, 0.25) is 0 Å². The van der Waals surface area contributed by atoms with E-state index in [-0.39, 0.29) is 17.7 Å². The molecule has 1 amide bonds. The summed E-state index contributed by atoms with van der Waals surface area (Å²) in [6.45, 7) is 3.45. The molecule has 0 spiro atoms. The van der Waals surface area contributed by atoms with Crippen LogP contribution < -0.4 is 4.74 Å². The van der Waals surface area contributed by atoms with Crippen LogP contribution in [0.3, 0.4) is 0 Å². The van der Waals surface area contributed by atoms with E-state index in [0.29, 0.717) is 31.4 Å². The Morgan fingerprint density at radius 3 is 3.05 bits per heavy atom. The Morgan fingerprint density at radius 2 is 2.36 bits per heavy atom. The summed E-state index contributed by atoms with van der Waals surface area (Å²) < 4.78 is 10.7. The van der Waals surface area contributed by atoms with Crippen LogP contribution in [0.1, 0.15) is 23.8 Å². The lowest BCUT2D eigenvalue weighted by atomic mass is 10.1. The van der Waals surface area contributed by atoms with Crippen molar-refractivity contribution in [3.8, 4) is 5.75 Å². The van der Waals surface area contributed by atoms with E-state index in [1.54, 1.807) is 19.1 Å². The Labute approximate surface area is 127 Å². The van der Waals surface area contributed by atoms with Crippen LogP contribution in [0.15, 0.2) is 18.3 Å². The van der Waals surface area contributed by atoms with E-state index in [1.165, 1.54) is 11.1 Å². The van der Waals surface area contributed by atoms with E-state index in [2.05, 4.69) is 4.98 Å². The van der Waals surface area contributed by atoms with Gasteiger partial charge < -0.3 is 19.5 Å². The zero-order valence-corrected chi connectivity index (χ0v) is 12.3. The van der Waals surface area contributed by atoms with Crippen LogP contribution >= 0.6 is 0 Å². The molecule has 7 heteroatoms. The molecule has 1 aliphatic carbocycles. The van der Waals surface area contributed by atoms with Crippen molar-refractivity contribution in [3.05, 3.63) is 24.0 Å². The van der Waals surface area contributed by atoms with Crippen LogP contribution in [0.4, 0.5) is 4.79 Å². The first-order valence-corrected chi connectivity index (χ1v) is 7.28. The van der Waals surface area contributed by atoms with Crippen molar-refractivity contribution in [2.24, 2.45) is 11.3 Å². The third-order valence-electron chi connectivity index (χ3n) is 4.33. The van der Waals surface area contributed by atoms with Crippen LogP contribution in [0.5, 0.6) is 5.75 Å². The largest absolute Gasteiger partial charge is 0.490 e.